The number of aryl methyl sites for hydroxylation is 1. The van der Waals surface area contributed by atoms with Crippen LogP contribution in [0.25, 0.3) is 5.52 Å². The van der Waals surface area contributed by atoms with Crippen molar-refractivity contribution in [3.05, 3.63) is 41.7 Å². The maximum atomic E-state index is 9.29. The summed E-state index contributed by atoms with van der Waals surface area (Å²) < 4.78 is 2.13. The van der Waals surface area contributed by atoms with Gasteiger partial charge >= 0.3 is 0 Å². The molecule has 2 aromatic rings. The van der Waals surface area contributed by atoms with Crippen LogP contribution in [0.1, 0.15) is 31.0 Å². The Bertz CT molecular complexity index is 543. The first-order chi connectivity index (χ1) is 7.65. The van der Waals surface area contributed by atoms with Crippen molar-refractivity contribution >= 4 is 5.52 Å². The fourth-order valence-electron chi connectivity index (χ4n) is 2.20. The van der Waals surface area contributed by atoms with Crippen LogP contribution in [0.2, 0.25) is 0 Å². The van der Waals surface area contributed by atoms with Gasteiger partial charge < -0.3 is 4.40 Å². The van der Waals surface area contributed by atoms with E-state index in [4.69, 9.17) is 0 Å². The number of rotatable bonds is 2. The summed E-state index contributed by atoms with van der Waals surface area (Å²) in [6.07, 6.45) is 2.03. The number of hydrogen-bond acceptors (Lipinski definition) is 1. The zero-order valence-corrected chi connectivity index (χ0v) is 9.94. The molecule has 0 spiro atoms. The van der Waals surface area contributed by atoms with E-state index in [1.807, 2.05) is 18.3 Å². The Morgan fingerprint density at radius 2 is 2.06 bits per heavy atom. The second-order valence-corrected chi connectivity index (χ2v) is 4.56. The number of nitriles is 1. The topological polar surface area (TPSA) is 28.2 Å². The average Bonchev–Trinajstić information content (AvgIpc) is 2.57. The van der Waals surface area contributed by atoms with Gasteiger partial charge in [-0.3, -0.25) is 0 Å². The molecule has 0 radical (unpaired) electrons. The molecule has 2 heterocycles. The molecule has 0 aliphatic rings. The molecule has 2 aromatic heterocycles. The molecular formula is C14H16N2. The van der Waals surface area contributed by atoms with E-state index in [0.717, 1.165) is 11.2 Å². The number of aromatic nitrogens is 1. The Morgan fingerprint density at radius 1 is 1.31 bits per heavy atom. The van der Waals surface area contributed by atoms with E-state index < -0.39 is 0 Å². The SMILES string of the molecule is Cc1cc2ccccn2c1C(C#N)C(C)C. The van der Waals surface area contributed by atoms with Gasteiger partial charge in [0.15, 0.2) is 0 Å². The molecule has 0 aromatic carbocycles. The molecule has 0 saturated heterocycles. The van der Waals surface area contributed by atoms with Crippen LogP contribution >= 0.6 is 0 Å². The Balaban J connectivity index is 2.68. The summed E-state index contributed by atoms with van der Waals surface area (Å²) in [4.78, 5) is 0. The summed E-state index contributed by atoms with van der Waals surface area (Å²) in [5, 5.41) is 9.29. The number of hydrogen-bond donors (Lipinski definition) is 0. The molecule has 82 valence electrons. The van der Waals surface area contributed by atoms with E-state index in [1.165, 1.54) is 5.56 Å². The summed E-state index contributed by atoms with van der Waals surface area (Å²) in [6, 6.07) is 10.7. The van der Waals surface area contributed by atoms with Crippen molar-refractivity contribution in [3.63, 3.8) is 0 Å². The molecule has 0 bridgehead atoms. The predicted octanol–water partition coefficient (Wildman–Crippen LogP) is 3.51. The lowest BCUT2D eigenvalue weighted by Gasteiger charge is -2.14. The van der Waals surface area contributed by atoms with E-state index >= 15 is 0 Å². The van der Waals surface area contributed by atoms with Crippen molar-refractivity contribution < 1.29 is 0 Å². The predicted molar refractivity (Wildman–Crippen MR) is 65.3 cm³/mol. The average molecular weight is 212 g/mol. The van der Waals surface area contributed by atoms with Gasteiger partial charge in [-0.25, -0.2) is 0 Å². The highest BCUT2D eigenvalue weighted by Gasteiger charge is 2.20. The van der Waals surface area contributed by atoms with Crippen molar-refractivity contribution in [2.45, 2.75) is 26.7 Å². The maximum absolute atomic E-state index is 9.29. The minimum absolute atomic E-state index is 0.0371. The maximum Gasteiger partial charge on any atom is 0.0893 e. The summed E-state index contributed by atoms with van der Waals surface area (Å²) >= 11 is 0. The minimum atomic E-state index is -0.0371. The van der Waals surface area contributed by atoms with Crippen LogP contribution in [-0.2, 0) is 0 Å². The smallest absolute Gasteiger partial charge is 0.0893 e. The molecule has 2 rings (SSSR count). The third kappa shape index (κ3) is 1.59. The Labute approximate surface area is 96.1 Å². The summed E-state index contributed by atoms with van der Waals surface area (Å²) in [5.41, 5.74) is 3.50. The van der Waals surface area contributed by atoms with Gasteiger partial charge in [-0.05, 0) is 36.6 Å². The normalized spacial score (nSPS) is 12.9. The van der Waals surface area contributed by atoms with Crippen LogP contribution in [0.15, 0.2) is 30.5 Å². The van der Waals surface area contributed by atoms with Gasteiger partial charge in [0.25, 0.3) is 0 Å². The summed E-state index contributed by atoms with van der Waals surface area (Å²) in [7, 11) is 0. The quantitative estimate of drug-likeness (QED) is 0.748. The lowest BCUT2D eigenvalue weighted by molar-refractivity contribution is 0.570. The van der Waals surface area contributed by atoms with E-state index in [0.29, 0.717) is 5.92 Å². The highest BCUT2D eigenvalue weighted by Crippen LogP contribution is 2.28. The molecule has 16 heavy (non-hydrogen) atoms. The van der Waals surface area contributed by atoms with Gasteiger partial charge in [-0.1, -0.05) is 19.9 Å². The lowest BCUT2D eigenvalue weighted by Crippen LogP contribution is -2.08. The van der Waals surface area contributed by atoms with Gasteiger partial charge in [0.1, 0.15) is 0 Å². The molecular weight excluding hydrogens is 196 g/mol. The molecule has 2 nitrogen and oxygen atoms in total. The number of pyridine rings is 1. The molecule has 0 fully saturated rings. The molecule has 0 amide bonds. The van der Waals surface area contributed by atoms with Crippen LogP contribution < -0.4 is 0 Å². The van der Waals surface area contributed by atoms with E-state index in [9.17, 15) is 5.26 Å². The zero-order chi connectivity index (χ0) is 11.7. The summed E-state index contributed by atoms with van der Waals surface area (Å²) in [5.74, 6) is 0.298. The largest absolute Gasteiger partial charge is 0.319 e. The van der Waals surface area contributed by atoms with Crippen molar-refractivity contribution in [3.8, 4) is 6.07 Å². The third-order valence-corrected chi connectivity index (χ3v) is 3.02. The van der Waals surface area contributed by atoms with Crippen LogP contribution in [0.4, 0.5) is 0 Å². The fraction of sp³-hybridized carbons (Fsp3) is 0.357. The Kier molecular flexibility index (Phi) is 2.70. The highest BCUT2D eigenvalue weighted by molar-refractivity contribution is 5.54. The van der Waals surface area contributed by atoms with E-state index in [2.05, 4.69) is 43.4 Å². The fourth-order valence-corrected chi connectivity index (χ4v) is 2.20. The first-order valence-corrected chi connectivity index (χ1v) is 5.61. The highest BCUT2D eigenvalue weighted by atomic mass is 14.9. The van der Waals surface area contributed by atoms with Gasteiger partial charge in [0, 0.05) is 17.4 Å². The van der Waals surface area contributed by atoms with Crippen molar-refractivity contribution in [1.29, 1.82) is 5.26 Å². The van der Waals surface area contributed by atoms with E-state index in [1.54, 1.807) is 0 Å². The van der Waals surface area contributed by atoms with Crippen LogP contribution in [0, 0.1) is 24.2 Å². The Hall–Kier alpha value is -1.75. The van der Waals surface area contributed by atoms with E-state index in [-0.39, 0.29) is 5.92 Å². The second-order valence-electron chi connectivity index (χ2n) is 4.56. The Morgan fingerprint density at radius 3 is 2.69 bits per heavy atom. The number of fused-ring (bicyclic) bond motifs is 1. The molecule has 0 aliphatic carbocycles. The van der Waals surface area contributed by atoms with Gasteiger partial charge in [-0.15, -0.1) is 0 Å². The first kappa shape index (κ1) is 10.8. The third-order valence-electron chi connectivity index (χ3n) is 3.02. The van der Waals surface area contributed by atoms with Crippen molar-refractivity contribution in [2.75, 3.05) is 0 Å². The van der Waals surface area contributed by atoms with Crippen LogP contribution in [0.3, 0.4) is 0 Å². The monoisotopic (exact) mass is 212 g/mol. The van der Waals surface area contributed by atoms with Crippen molar-refractivity contribution in [2.24, 2.45) is 5.92 Å². The van der Waals surface area contributed by atoms with Crippen LogP contribution in [-0.4, -0.2) is 4.40 Å². The molecule has 0 N–H and O–H groups in total. The first-order valence-electron chi connectivity index (χ1n) is 5.61. The molecule has 2 heteroatoms. The van der Waals surface area contributed by atoms with Gasteiger partial charge in [0.2, 0.25) is 0 Å². The standard InChI is InChI=1S/C14H16N2/c1-10(2)13(9-15)14-11(3)8-12-6-4-5-7-16(12)14/h4-8,10,13H,1-3H3. The van der Waals surface area contributed by atoms with Crippen LogP contribution in [0.5, 0.6) is 0 Å². The van der Waals surface area contributed by atoms with Gasteiger partial charge in [0.05, 0.1) is 12.0 Å². The molecule has 0 aliphatic heterocycles. The lowest BCUT2D eigenvalue weighted by atomic mass is 9.92. The summed E-state index contributed by atoms with van der Waals surface area (Å²) in [6.45, 7) is 6.26. The van der Waals surface area contributed by atoms with Gasteiger partial charge in [-0.2, -0.15) is 5.26 Å². The molecule has 1 atom stereocenters. The molecule has 0 saturated carbocycles. The minimum Gasteiger partial charge on any atom is -0.319 e. The molecule has 1 unspecified atom stereocenters. The number of nitrogens with zero attached hydrogens (tertiary/aromatic N) is 2. The second kappa shape index (κ2) is 4.02. The zero-order valence-electron chi connectivity index (χ0n) is 9.94. The van der Waals surface area contributed by atoms with Crippen molar-refractivity contribution in [1.82, 2.24) is 4.40 Å².